The van der Waals surface area contributed by atoms with E-state index in [0.29, 0.717) is 23.8 Å². The van der Waals surface area contributed by atoms with E-state index in [1.54, 1.807) is 17.0 Å². The zero-order valence-corrected chi connectivity index (χ0v) is 10.0. The number of likely N-dealkylation sites (tertiary alicyclic amines) is 1. The summed E-state index contributed by atoms with van der Waals surface area (Å²) in [6, 6.07) is 5.52. The van der Waals surface area contributed by atoms with E-state index in [1.807, 2.05) is 0 Å². The van der Waals surface area contributed by atoms with Gasteiger partial charge >= 0.3 is 0 Å². The normalized spacial score (nSPS) is 16.6. The van der Waals surface area contributed by atoms with Gasteiger partial charge in [-0.2, -0.15) is 5.26 Å². The molecule has 4 nitrogen and oxygen atoms in total. The number of rotatable bonds is 1. The minimum absolute atomic E-state index is 0.0808. The Morgan fingerprint density at radius 2 is 2.18 bits per heavy atom. The molecule has 1 aliphatic heterocycles. The number of hydrogen-bond acceptors (Lipinski definition) is 3. The summed E-state index contributed by atoms with van der Waals surface area (Å²) < 4.78 is 0. The third-order valence-electron chi connectivity index (χ3n) is 2.91. The average Bonchev–Trinajstić information content (AvgIpc) is 2.39. The van der Waals surface area contributed by atoms with Crippen LogP contribution in [0.25, 0.3) is 0 Å². The molecule has 0 N–H and O–H groups in total. The molecule has 0 aromatic carbocycles. The molecular formula is C12H12ClN3O. The van der Waals surface area contributed by atoms with Gasteiger partial charge in [-0.25, -0.2) is 4.98 Å². The first-order valence-corrected chi connectivity index (χ1v) is 5.89. The van der Waals surface area contributed by atoms with Crippen molar-refractivity contribution < 1.29 is 4.79 Å². The molecule has 5 heteroatoms. The van der Waals surface area contributed by atoms with Crippen LogP contribution in [0.15, 0.2) is 18.3 Å². The Bertz CT molecular complexity index is 444. The van der Waals surface area contributed by atoms with Gasteiger partial charge in [-0.1, -0.05) is 11.6 Å². The molecule has 88 valence electrons. The maximum absolute atomic E-state index is 12.0. The molecule has 0 spiro atoms. The Morgan fingerprint density at radius 1 is 1.47 bits per heavy atom. The smallest absolute Gasteiger partial charge is 0.272 e. The maximum Gasteiger partial charge on any atom is 0.272 e. The van der Waals surface area contributed by atoms with E-state index in [1.165, 1.54) is 6.20 Å². The summed E-state index contributed by atoms with van der Waals surface area (Å²) in [6.45, 7) is 1.25. The molecule has 0 bridgehead atoms. The Morgan fingerprint density at radius 3 is 2.71 bits per heavy atom. The van der Waals surface area contributed by atoms with Crippen molar-refractivity contribution in [1.29, 1.82) is 5.26 Å². The molecule has 1 aromatic heterocycles. The first-order valence-electron chi connectivity index (χ1n) is 5.51. The van der Waals surface area contributed by atoms with Crippen LogP contribution in [-0.4, -0.2) is 28.9 Å². The molecule has 17 heavy (non-hydrogen) atoms. The van der Waals surface area contributed by atoms with Crippen LogP contribution in [0.1, 0.15) is 23.3 Å². The highest BCUT2D eigenvalue weighted by Gasteiger charge is 2.23. The molecule has 0 atom stereocenters. The number of carbonyl (C=O) groups is 1. The second-order valence-electron chi connectivity index (χ2n) is 4.06. The summed E-state index contributed by atoms with van der Waals surface area (Å²) in [7, 11) is 0. The fourth-order valence-electron chi connectivity index (χ4n) is 1.88. The van der Waals surface area contributed by atoms with Crippen molar-refractivity contribution in [2.45, 2.75) is 12.8 Å². The first kappa shape index (κ1) is 11.9. The van der Waals surface area contributed by atoms with Crippen LogP contribution < -0.4 is 0 Å². The molecule has 1 aromatic rings. The fraction of sp³-hybridized carbons (Fsp3) is 0.417. The van der Waals surface area contributed by atoms with Crippen molar-refractivity contribution in [2.75, 3.05) is 13.1 Å². The largest absolute Gasteiger partial charge is 0.337 e. The molecule has 2 heterocycles. The SMILES string of the molecule is N#CC1CCN(C(=O)c2ccc(Cl)cn2)CC1. The lowest BCUT2D eigenvalue weighted by atomic mass is 9.98. The van der Waals surface area contributed by atoms with Gasteiger partial charge in [0.25, 0.3) is 5.91 Å². The zero-order chi connectivity index (χ0) is 12.3. The van der Waals surface area contributed by atoms with E-state index >= 15 is 0 Å². The number of nitriles is 1. The van der Waals surface area contributed by atoms with Crippen LogP contribution in [-0.2, 0) is 0 Å². The monoisotopic (exact) mass is 249 g/mol. The van der Waals surface area contributed by atoms with Crippen LogP contribution in [0, 0.1) is 17.2 Å². The molecule has 0 saturated carbocycles. The number of amides is 1. The van der Waals surface area contributed by atoms with E-state index in [9.17, 15) is 4.79 Å². The van der Waals surface area contributed by atoms with Gasteiger partial charge in [0.2, 0.25) is 0 Å². The summed E-state index contributed by atoms with van der Waals surface area (Å²) in [4.78, 5) is 17.8. The standard InChI is InChI=1S/C12H12ClN3O/c13-10-1-2-11(15-8-10)12(17)16-5-3-9(7-14)4-6-16/h1-2,8-9H,3-6H2. The Kier molecular flexibility index (Phi) is 3.60. The summed E-state index contributed by atoms with van der Waals surface area (Å²) in [5.41, 5.74) is 0.407. The fourth-order valence-corrected chi connectivity index (χ4v) is 1.99. The van der Waals surface area contributed by atoms with Crippen LogP contribution in [0.4, 0.5) is 0 Å². The van der Waals surface area contributed by atoms with Crippen molar-refractivity contribution in [3.05, 3.63) is 29.0 Å². The first-order chi connectivity index (χ1) is 8.20. The molecular weight excluding hydrogens is 238 g/mol. The molecule has 0 radical (unpaired) electrons. The zero-order valence-electron chi connectivity index (χ0n) is 9.27. The van der Waals surface area contributed by atoms with Crippen LogP contribution in [0.5, 0.6) is 0 Å². The van der Waals surface area contributed by atoms with Gasteiger partial charge in [0.1, 0.15) is 5.69 Å². The Hall–Kier alpha value is -1.60. The third kappa shape index (κ3) is 2.75. The molecule has 1 amide bonds. The van der Waals surface area contributed by atoms with Crippen molar-refractivity contribution in [2.24, 2.45) is 5.92 Å². The van der Waals surface area contributed by atoms with Crippen molar-refractivity contribution in [1.82, 2.24) is 9.88 Å². The van der Waals surface area contributed by atoms with E-state index in [-0.39, 0.29) is 11.8 Å². The van der Waals surface area contributed by atoms with Crippen LogP contribution in [0.2, 0.25) is 5.02 Å². The number of hydrogen-bond donors (Lipinski definition) is 0. The average molecular weight is 250 g/mol. The second kappa shape index (κ2) is 5.15. The van der Waals surface area contributed by atoms with Gasteiger partial charge < -0.3 is 4.90 Å². The Labute approximate surface area is 105 Å². The number of pyridine rings is 1. The highest BCUT2D eigenvalue weighted by atomic mass is 35.5. The van der Waals surface area contributed by atoms with Gasteiger partial charge in [-0.05, 0) is 25.0 Å². The number of piperidine rings is 1. The highest BCUT2D eigenvalue weighted by Crippen LogP contribution is 2.18. The molecule has 0 aliphatic carbocycles. The number of nitrogens with zero attached hydrogens (tertiary/aromatic N) is 3. The van der Waals surface area contributed by atoms with Gasteiger partial charge in [-0.15, -0.1) is 0 Å². The number of aromatic nitrogens is 1. The topological polar surface area (TPSA) is 57.0 Å². The second-order valence-corrected chi connectivity index (χ2v) is 4.49. The van der Waals surface area contributed by atoms with Gasteiger partial charge in [0, 0.05) is 25.2 Å². The van der Waals surface area contributed by atoms with Crippen LogP contribution in [0.3, 0.4) is 0 Å². The minimum atomic E-state index is -0.0851. The minimum Gasteiger partial charge on any atom is -0.337 e. The predicted molar refractivity (Wildman–Crippen MR) is 63.5 cm³/mol. The van der Waals surface area contributed by atoms with Crippen molar-refractivity contribution >= 4 is 17.5 Å². The van der Waals surface area contributed by atoms with Gasteiger partial charge in [-0.3, -0.25) is 4.79 Å². The molecule has 1 fully saturated rings. The van der Waals surface area contributed by atoms with Crippen LogP contribution >= 0.6 is 11.6 Å². The maximum atomic E-state index is 12.0. The molecule has 1 aliphatic rings. The summed E-state index contributed by atoms with van der Waals surface area (Å²) in [5, 5.41) is 9.30. The van der Waals surface area contributed by atoms with Gasteiger partial charge in [0.05, 0.1) is 11.1 Å². The van der Waals surface area contributed by atoms with E-state index < -0.39 is 0 Å². The summed E-state index contributed by atoms with van der Waals surface area (Å²) >= 11 is 5.72. The highest BCUT2D eigenvalue weighted by molar-refractivity contribution is 6.30. The number of halogens is 1. The molecule has 2 rings (SSSR count). The number of carbonyl (C=O) groups excluding carboxylic acids is 1. The lowest BCUT2D eigenvalue weighted by Crippen LogP contribution is -2.38. The molecule has 1 saturated heterocycles. The summed E-state index contributed by atoms with van der Waals surface area (Å²) in [5.74, 6) is -0.00437. The van der Waals surface area contributed by atoms with E-state index in [0.717, 1.165) is 12.8 Å². The lowest BCUT2D eigenvalue weighted by Gasteiger charge is -2.28. The quantitative estimate of drug-likeness (QED) is 0.766. The summed E-state index contributed by atoms with van der Waals surface area (Å²) in [6.07, 6.45) is 2.96. The predicted octanol–water partition coefficient (Wildman–Crippen LogP) is 2.11. The third-order valence-corrected chi connectivity index (χ3v) is 3.13. The van der Waals surface area contributed by atoms with Gasteiger partial charge in [0.15, 0.2) is 0 Å². The molecule has 0 unspecified atom stereocenters. The Balaban J connectivity index is 2.02. The van der Waals surface area contributed by atoms with Crippen molar-refractivity contribution in [3.63, 3.8) is 0 Å². The van der Waals surface area contributed by atoms with E-state index in [4.69, 9.17) is 16.9 Å². The lowest BCUT2D eigenvalue weighted by molar-refractivity contribution is 0.0701. The van der Waals surface area contributed by atoms with Crippen molar-refractivity contribution in [3.8, 4) is 6.07 Å². The van der Waals surface area contributed by atoms with E-state index in [2.05, 4.69) is 11.1 Å².